The number of para-hydroxylation sites is 1. The number of nitrogens with zero attached hydrogens (tertiary/aromatic N) is 3. The third-order valence-electron chi connectivity index (χ3n) is 4.56. The van der Waals surface area contributed by atoms with Gasteiger partial charge in [0, 0.05) is 50.5 Å². The molecule has 1 aliphatic heterocycles. The lowest BCUT2D eigenvalue weighted by molar-refractivity contribution is -0.385. The first-order chi connectivity index (χ1) is 13.0. The molecule has 8 heteroatoms. The van der Waals surface area contributed by atoms with Crippen molar-refractivity contribution in [3.63, 3.8) is 0 Å². The van der Waals surface area contributed by atoms with Crippen LogP contribution >= 0.6 is 0 Å². The molecule has 1 fully saturated rings. The summed E-state index contributed by atoms with van der Waals surface area (Å²) in [6.07, 6.45) is 0. The lowest BCUT2D eigenvalue weighted by atomic mass is 10.1. The molecule has 8 nitrogen and oxygen atoms in total. The molecule has 0 atom stereocenters. The van der Waals surface area contributed by atoms with Gasteiger partial charge in [0.05, 0.1) is 4.92 Å². The van der Waals surface area contributed by atoms with E-state index in [0.29, 0.717) is 18.8 Å². The van der Waals surface area contributed by atoms with Gasteiger partial charge in [-0.05, 0) is 30.3 Å². The molecule has 2 amide bonds. The number of rotatable bonds is 4. The number of nitro benzene ring substituents is 1. The lowest BCUT2D eigenvalue weighted by Crippen LogP contribution is -2.48. The number of hydrogen-bond acceptors (Lipinski definition) is 5. The second-order valence-corrected chi connectivity index (χ2v) is 6.27. The van der Waals surface area contributed by atoms with E-state index >= 15 is 0 Å². The second kappa shape index (κ2) is 7.86. The fourth-order valence-corrected chi connectivity index (χ4v) is 3.06. The Balaban J connectivity index is 1.66. The topological polar surface area (TPSA) is 95.8 Å². The van der Waals surface area contributed by atoms with Gasteiger partial charge in [0.1, 0.15) is 5.56 Å². The summed E-state index contributed by atoms with van der Waals surface area (Å²) in [6, 6.07) is 13.1. The van der Waals surface area contributed by atoms with E-state index in [0.717, 1.165) is 18.8 Å². The Labute approximate surface area is 156 Å². The van der Waals surface area contributed by atoms with Crippen molar-refractivity contribution in [1.82, 2.24) is 4.90 Å². The first-order valence-corrected chi connectivity index (χ1v) is 8.61. The Morgan fingerprint density at radius 2 is 1.63 bits per heavy atom. The van der Waals surface area contributed by atoms with E-state index in [1.807, 2.05) is 17.0 Å². The molecule has 1 heterocycles. The maximum Gasteiger partial charge on any atom is 0.282 e. The Kier molecular flexibility index (Phi) is 5.35. The van der Waals surface area contributed by atoms with E-state index in [1.54, 1.807) is 25.1 Å². The maximum absolute atomic E-state index is 12.4. The van der Waals surface area contributed by atoms with Crippen LogP contribution in [0.15, 0.2) is 48.5 Å². The van der Waals surface area contributed by atoms with Crippen molar-refractivity contribution in [1.29, 1.82) is 0 Å². The highest BCUT2D eigenvalue weighted by Crippen LogP contribution is 2.22. The van der Waals surface area contributed by atoms with E-state index in [2.05, 4.69) is 10.2 Å². The van der Waals surface area contributed by atoms with Crippen LogP contribution in [0.4, 0.5) is 17.1 Å². The molecule has 0 aliphatic carbocycles. The molecule has 0 saturated carbocycles. The number of piperazine rings is 1. The molecule has 27 heavy (non-hydrogen) atoms. The van der Waals surface area contributed by atoms with E-state index in [-0.39, 0.29) is 17.2 Å². The highest BCUT2D eigenvalue weighted by atomic mass is 16.6. The molecule has 1 N–H and O–H groups in total. The molecule has 3 rings (SSSR count). The first-order valence-electron chi connectivity index (χ1n) is 8.61. The van der Waals surface area contributed by atoms with E-state index in [9.17, 15) is 19.7 Å². The minimum atomic E-state index is -0.571. The molecule has 2 aromatic rings. The minimum Gasteiger partial charge on any atom is -0.368 e. The Morgan fingerprint density at radius 1 is 1.00 bits per heavy atom. The number of carbonyl (C=O) groups excluding carboxylic acids is 2. The molecular formula is C19H20N4O4. The third-order valence-corrected chi connectivity index (χ3v) is 4.56. The van der Waals surface area contributed by atoms with Crippen molar-refractivity contribution < 1.29 is 14.5 Å². The Bertz CT molecular complexity index is 858. The van der Waals surface area contributed by atoms with Crippen LogP contribution in [0.3, 0.4) is 0 Å². The minimum absolute atomic E-state index is 0.0203. The fraction of sp³-hybridized carbons (Fsp3) is 0.263. The van der Waals surface area contributed by atoms with Crippen molar-refractivity contribution in [3.05, 3.63) is 64.2 Å². The van der Waals surface area contributed by atoms with Gasteiger partial charge in [0.25, 0.3) is 11.6 Å². The van der Waals surface area contributed by atoms with Gasteiger partial charge in [-0.15, -0.1) is 0 Å². The van der Waals surface area contributed by atoms with Crippen LogP contribution in [0.2, 0.25) is 0 Å². The second-order valence-electron chi connectivity index (χ2n) is 6.27. The molecule has 1 aliphatic rings. The number of carbonyl (C=O) groups is 2. The molecule has 0 radical (unpaired) electrons. The van der Waals surface area contributed by atoms with Crippen LogP contribution in [0.1, 0.15) is 17.3 Å². The zero-order valence-electron chi connectivity index (χ0n) is 14.9. The first kappa shape index (κ1) is 18.4. The summed E-state index contributed by atoms with van der Waals surface area (Å²) in [5.74, 6) is -0.437. The number of hydrogen-bond donors (Lipinski definition) is 1. The van der Waals surface area contributed by atoms with E-state index in [1.165, 1.54) is 18.2 Å². The van der Waals surface area contributed by atoms with Crippen molar-refractivity contribution in [2.45, 2.75) is 6.92 Å². The van der Waals surface area contributed by atoms with Crippen LogP contribution in [-0.4, -0.2) is 47.8 Å². The quantitative estimate of drug-likeness (QED) is 0.661. The molecule has 0 aromatic heterocycles. The molecule has 0 bridgehead atoms. The van der Waals surface area contributed by atoms with Crippen molar-refractivity contribution >= 4 is 28.9 Å². The predicted octanol–water partition coefficient (Wildman–Crippen LogP) is 2.52. The molecule has 140 valence electrons. The van der Waals surface area contributed by atoms with Crippen LogP contribution in [0.25, 0.3) is 0 Å². The van der Waals surface area contributed by atoms with Crippen LogP contribution in [-0.2, 0) is 4.79 Å². The summed E-state index contributed by atoms with van der Waals surface area (Å²) in [7, 11) is 0. The Morgan fingerprint density at radius 3 is 2.22 bits per heavy atom. The number of benzene rings is 2. The van der Waals surface area contributed by atoms with Gasteiger partial charge in [-0.1, -0.05) is 12.1 Å². The summed E-state index contributed by atoms with van der Waals surface area (Å²) in [5, 5.41) is 13.7. The number of nitro groups is 1. The molecule has 1 saturated heterocycles. The zero-order valence-corrected chi connectivity index (χ0v) is 14.9. The predicted molar refractivity (Wildman–Crippen MR) is 102 cm³/mol. The standard InChI is InChI=1S/C19H20N4O4/c1-14(24)21-10-12-22(13-11-21)16-8-6-15(7-9-16)20-19(25)17-4-2-3-5-18(17)23(26)27/h2-9H,10-13H2,1H3,(H,20,25). The lowest BCUT2D eigenvalue weighted by Gasteiger charge is -2.35. The summed E-state index contributed by atoms with van der Waals surface area (Å²) < 4.78 is 0. The molecule has 0 unspecified atom stereocenters. The van der Waals surface area contributed by atoms with Gasteiger partial charge < -0.3 is 15.1 Å². The number of amides is 2. The van der Waals surface area contributed by atoms with Gasteiger partial charge in [-0.25, -0.2) is 0 Å². The van der Waals surface area contributed by atoms with Crippen LogP contribution in [0.5, 0.6) is 0 Å². The normalized spacial score (nSPS) is 14.0. The van der Waals surface area contributed by atoms with E-state index < -0.39 is 10.8 Å². The van der Waals surface area contributed by atoms with Gasteiger partial charge >= 0.3 is 0 Å². The molecule has 2 aromatic carbocycles. The van der Waals surface area contributed by atoms with Crippen LogP contribution < -0.4 is 10.2 Å². The summed E-state index contributed by atoms with van der Waals surface area (Å²) in [6.45, 7) is 4.45. The van der Waals surface area contributed by atoms with Gasteiger partial charge in [-0.2, -0.15) is 0 Å². The van der Waals surface area contributed by atoms with Gasteiger partial charge in [-0.3, -0.25) is 19.7 Å². The summed E-state index contributed by atoms with van der Waals surface area (Å²) in [4.78, 5) is 38.2. The van der Waals surface area contributed by atoms with Gasteiger partial charge in [0.2, 0.25) is 5.91 Å². The zero-order chi connectivity index (χ0) is 19.4. The van der Waals surface area contributed by atoms with E-state index in [4.69, 9.17) is 0 Å². The highest BCUT2D eigenvalue weighted by Gasteiger charge is 2.20. The maximum atomic E-state index is 12.4. The number of nitrogens with one attached hydrogen (secondary N) is 1. The monoisotopic (exact) mass is 368 g/mol. The van der Waals surface area contributed by atoms with Crippen LogP contribution in [0, 0.1) is 10.1 Å². The highest BCUT2D eigenvalue weighted by molar-refractivity contribution is 6.07. The van der Waals surface area contributed by atoms with Crippen molar-refractivity contribution in [2.75, 3.05) is 36.4 Å². The van der Waals surface area contributed by atoms with Crippen molar-refractivity contribution in [2.24, 2.45) is 0 Å². The number of anilines is 2. The average Bonchev–Trinajstić information content (AvgIpc) is 2.68. The smallest absolute Gasteiger partial charge is 0.282 e. The third kappa shape index (κ3) is 4.22. The molecular weight excluding hydrogens is 348 g/mol. The molecule has 0 spiro atoms. The summed E-state index contributed by atoms with van der Waals surface area (Å²) >= 11 is 0. The largest absolute Gasteiger partial charge is 0.368 e. The van der Waals surface area contributed by atoms with Gasteiger partial charge in [0.15, 0.2) is 0 Å². The fourth-order valence-electron chi connectivity index (χ4n) is 3.06. The average molecular weight is 368 g/mol. The van der Waals surface area contributed by atoms with Crippen molar-refractivity contribution in [3.8, 4) is 0 Å². The summed E-state index contributed by atoms with van der Waals surface area (Å²) in [5.41, 5.74) is 1.35. The SMILES string of the molecule is CC(=O)N1CCN(c2ccc(NC(=O)c3ccccc3[N+](=O)[O-])cc2)CC1. The Hall–Kier alpha value is -3.42.